The van der Waals surface area contributed by atoms with Gasteiger partial charge in [-0.1, -0.05) is 31.4 Å². The van der Waals surface area contributed by atoms with Gasteiger partial charge >= 0.3 is 0 Å². The summed E-state index contributed by atoms with van der Waals surface area (Å²) in [6, 6.07) is 4.35. The molecule has 2 nitrogen and oxygen atoms in total. The van der Waals surface area contributed by atoms with Crippen LogP contribution in [-0.4, -0.2) is 6.04 Å². The lowest BCUT2D eigenvalue weighted by Gasteiger charge is -2.30. The molecule has 1 aromatic rings. The molecule has 0 spiro atoms. The van der Waals surface area contributed by atoms with E-state index in [-0.39, 0.29) is 6.04 Å². The average molecular weight is 254 g/mol. The van der Waals surface area contributed by atoms with Crippen LogP contribution in [0.3, 0.4) is 0 Å². The maximum Gasteiger partial charge on any atom is 0.162 e. The molecule has 3 N–H and O–H groups in total. The summed E-state index contributed by atoms with van der Waals surface area (Å²) in [5, 5.41) is 0. The Kier molecular flexibility index (Phi) is 4.66. The Hall–Kier alpha value is -1.00. The molecule has 1 atom stereocenters. The lowest BCUT2D eigenvalue weighted by Crippen LogP contribution is -2.43. The number of hydrogen-bond donors (Lipinski definition) is 2. The van der Waals surface area contributed by atoms with Gasteiger partial charge in [0.25, 0.3) is 0 Å². The molecule has 0 bridgehead atoms. The number of nitrogens with one attached hydrogen (secondary N) is 1. The van der Waals surface area contributed by atoms with Crippen molar-refractivity contribution in [3.63, 3.8) is 0 Å². The van der Waals surface area contributed by atoms with Crippen LogP contribution in [0.1, 0.15) is 37.7 Å². The maximum atomic E-state index is 13.6. The monoisotopic (exact) mass is 254 g/mol. The van der Waals surface area contributed by atoms with E-state index in [1.807, 2.05) is 0 Å². The molecular weight excluding hydrogens is 234 g/mol. The summed E-state index contributed by atoms with van der Waals surface area (Å²) in [7, 11) is 0. The number of nitrogens with two attached hydrogens (primary N) is 1. The molecule has 1 fully saturated rings. The number of benzene rings is 1. The standard InChI is InChI=1S/C14H20F2N2/c15-12-8-4-7-11(14(12)16)9-13(18-17)10-5-2-1-3-6-10/h4,7-8,10,13,18H,1-3,5-6,9,17H2. The van der Waals surface area contributed by atoms with Gasteiger partial charge in [-0.25, -0.2) is 8.78 Å². The van der Waals surface area contributed by atoms with E-state index in [1.54, 1.807) is 12.1 Å². The maximum absolute atomic E-state index is 13.6. The van der Waals surface area contributed by atoms with Crippen molar-refractivity contribution >= 4 is 0 Å². The second-order valence-corrected chi connectivity index (χ2v) is 5.09. The summed E-state index contributed by atoms with van der Waals surface area (Å²) in [6.45, 7) is 0. The van der Waals surface area contributed by atoms with Gasteiger partial charge in [0.05, 0.1) is 0 Å². The molecule has 0 amide bonds. The quantitative estimate of drug-likeness (QED) is 0.640. The highest BCUT2D eigenvalue weighted by Gasteiger charge is 2.24. The van der Waals surface area contributed by atoms with Crippen LogP contribution in [0.5, 0.6) is 0 Å². The third-order valence-corrected chi connectivity index (χ3v) is 3.90. The van der Waals surface area contributed by atoms with E-state index in [2.05, 4.69) is 5.43 Å². The zero-order chi connectivity index (χ0) is 13.0. The van der Waals surface area contributed by atoms with Gasteiger partial charge in [0, 0.05) is 6.04 Å². The third kappa shape index (κ3) is 3.06. The van der Waals surface area contributed by atoms with Gasteiger partial charge in [0.1, 0.15) is 0 Å². The van der Waals surface area contributed by atoms with Crippen molar-refractivity contribution in [1.82, 2.24) is 5.43 Å². The fourth-order valence-electron chi connectivity index (χ4n) is 2.84. The van der Waals surface area contributed by atoms with Crippen LogP contribution < -0.4 is 11.3 Å². The Bertz CT molecular complexity index is 389. The van der Waals surface area contributed by atoms with Crippen molar-refractivity contribution in [3.05, 3.63) is 35.4 Å². The smallest absolute Gasteiger partial charge is 0.162 e. The van der Waals surface area contributed by atoms with E-state index in [1.165, 1.54) is 19.3 Å². The summed E-state index contributed by atoms with van der Waals surface area (Å²) in [5.41, 5.74) is 3.18. The highest BCUT2D eigenvalue weighted by atomic mass is 19.2. The lowest BCUT2D eigenvalue weighted by molar-refractivity contribution is 0.267. The van der Waals surface area contributed by atoms with Crippen molar-refractivity contribution < 1.29 is 8.78 Å². The number of rotatable bonds is 4. The molecule has 18 heavy (non-hydrogen) atoms. The molecule has 1 aliphatic rings. The molecule has 100 valence electrons. The predicted octanol–water partition coefficient (Wildman–Crippen LogP) is 2.92. The van der Waals surface area contributed by atoms with E-state index in [9.17, 15) is 8.78 Å². The summed E-state index contributed by atoms with van der Waals surface area (Å²) < 4.78 is 26.8. The summed E-state index contributed by atoms with van der Waals surface area (Å²) in [5.74, 6) is 4.51. The van der Waals surface area contributed by atoms with Crippen molar-refractivity contribution in [2.45, 2.75) is 44.6 Å². The Morgan fingerprint density at radius 1 is 1.22 bits per heavy atom. The molecule has 2 rings (SSSR count). The summed E-state index contributed by atoms with van der Waals surface area (Å²) in [6.07, 6.45) is 6.35. The van der Waals surface area contributed by atoms with Crippen molar-refractivity contribution in [2.24, 2.45) is 11.8 Å². The third-order valence-electron chi connectivity index (χ3n) is 3.90. The van der Waals surface area contributed by atoms with Gasteiger partial charge in [0.15, 0.2) is 11.6 Å². The minimum absolute atomic E-state index is 0.0293. The van der Waals surface area contributed by atoms with Gasteiger partial charge in [0.2, 0.25) is 0 Å². The number of hydrazine groups is 1. The molecule has 0 aromatic heterocycles. The summed E-state index contributed by atoms with van der Waals surface area (Å²) in [4.78, 5) is 0. The molecule has 0 radical (unpaired) electrons. The van der Waals surface area contributed by atoms with Crippen molar-refractivity contribution in [2.75, 3.05) is 0 Å². The minimum atomic E-state index is -0.785. The molecule has 1 saturated carbocycles. The molecule has 1 unspecified atom stereocenters. The van der Waals surface area contributed by atoms with Crippen LogP contribution >= 0.6 is 0 Å². The Morgan fingerprint density at radius 3 is 2.61 bits per heavy atom. The normalized spacial score (nSPS) is 18.8. The van der Waals surface area contributed by atoms with E-state index < -0.39 is 11.6 Å². The van der Waals surface area contributed by atoms with Crippen LogP contribution in [0.15, 0.2) is 18.2 Å². The van der Waals surface area contributed by atoms with Crippen LogP contribution in [0.4, 0.5) is 8.78 Å². The Balaban J connectivity index is 2.07. The Labute approximate surface area is 107 Å². The molecule has 0 saturated heterocycles. The molecule has 1 aliphatic carbocycles. The number of hydrogen-bond acceptors (Lipinski definition) is 2. The summed E-state index contributed by atoms with van der Waals surface area (Å²) >= 11 is 0. The van der Waals surface area contributed by atoms with Gasteiger partial charge in [-0.3, -0.25) is 11.3 Å². The van der Waals surface area contributed by atoms with E-state index in [0.29, 0.717) is 17.9 Å². The van der Waals surface area contributed by atoms with Gasteiger partial charge in [-0.2, -0.15) is 0 Å². The van der Waals surface area contributed by atoms with Crippen molar-refractivity contribution in [1.29, 1.82) is 0 Å². The van der Waals surface area contributed by atoms with Crippen LogP contribution in [0.2, 0.25) is 0 Å². The largest absolute Gasteiger partial charge is 0.271 e. The first-order valence-corrected chi connectivity index (χ1v) is 6.61. The fourth-order valence-corrected chi connectivity index (χ4v) is 2.84. The minimum Gasteiger partial charge on any atom is -0.271 e. The zero-order valence-electron chi connectivity index (χ0n) is 10.5. The number of halogens is 2. The lowest BCUT2D eigenvalue weighted by atomic mass is 9.82. The highest BCUT2D eigenvalue weighted by Crippen LogP contribution is 2.28. The molecule has 0 aliphatic heterocycles. The van der Waals surface area contributed by atoms with Gasteiger partial charge in [-0.05, 0) is 36.8 Å². The van der Waals surface area contributed by atoms with E-state index >= 15 is 0 Å². The van der Waals surface area contributed by atoms with Gasteiger partial charge in [-0.15, -0.1) is 0 Å². The Morgan fingerprint density at radius 2 is 1.94 bits per heavy atom. The second kappa shape index (κ2) is 6.25. The highest BCUT2D eigenvalue weighted by molar-refractivity contribution is 5.20. The fraction of sp³-hybridized carbons (Fsp3) is 0.571. The topological polar surface area (TPSA) is 38.0 Å². The second-order valence-electron chi connectivity index (χ2n) is 5.09. The zero-order valence-corrected chi connectivity index (χ0v) is 10.5. The average Bonchev–Trinajstić information content (AvgIpc) is 2.41. The van der Waals surface area contributed by atoms with Gasteiger partial charge < -0.3 is 0 Å². The van der Waals surface area contributed by atoms with Crippen molar-refractivity contribution in [3.8, 4) is 0 Å². The first-order valence-electron chi connectivity index (χ1n) is 6.61. The van der Waals surface area contributed by atoms with E-state index in [4.69, 9.17) is 5.84 Å². The van der Waals surface area contributed by atoms with Crippen LogP contribution in [0.25, 0.3) is 0 Å². The van der Waals surface area contributed by atoms with Crippen LogP contribution in [-0.2, 0) is 6.42 Å². The van der Waals surface area contributed by atoms with E-state index in [0.717, 1.165) is 18.9 Å². The molecular formula is C14H20F2N2. The molecule has 4 heteroatoms. The SMILES string of the molecule is NNC(Cc1cccc(F)c1F)C1CCCCC1. The molecule has 1 aromatic carbocycles. The molecule has 0 heterocycles. The first-order chi connectivity index (χ1) is 8.72. The predicted molar refractivity (Wildman–Crippen MR) is 67.7 cm³/mol. The van der Waals surface area contributed by atoms with Crippen LogP contribution in [0, 0.1) is 17.6 Å². The first kappa shape index (κ1) is 13.4.